The van der Waals surface area contributed by atoms with Crippen molar-refractivity contribution in [2.45, 2.75) is 6.42 Å². The lowest BCUT2D eigenvalue weighted by atomic mass is 10.1. The quantitative estimate of drug-likeness (QED) is 0.517. The maximum absolute atomic E-state index is 12.3. The van der Waals surface area contributed by atoms with E-state index in [0.717, 1.165) is 36.4 Å². The van der Waals surface area contributed by atoms with Gasteiger partial charge >= 0.3 is 0 Å². The zero-order valence-electron chi connectivity index (χ0n) is 25.3. The first-order valence-corrected chi connectivity index (χ1v) is 7.69. The predicted octanol–water partition coefficient (Wildman–Crippen LogP) is 3.67. The standard InChI is InChI=1S/C22H22O6/c1-26-20-11-7-16(13-22(20)28-3)5-9-18(24)14-17(23)8-4-15-6-10-19(25)21(12-15)27-2/h4-13,25H,14H2,1-3H3/b8-4+,9-5+/i1D3,2D3,3D3,4D,5D. The van der Waals surface area contributed by atoms with Crippen molar-refractivity contribution in [2.75, 3.05) is 21.1 Å². The molecular formula is C22H22O6. The van der Waals surface area contributed by atoms with Crippen molar-refractivity contribution in [3.05, 3.63) is 59.7 Å². The largest absolute Gasteiger partial charge is 0.504 e. The minimum Gasteiger partial charge on any atom is -0.504 e. The summed E-state index contributed by atoms with van der Waals surface area (Å²) >= 11 is 0. The summed E-state index contributed by atoms with van der Waals surface area (Å²) in [6, 6.07) is 5.71. The number of carbonyl (C=O) groups is 2. The van der Waals surface area contributed by atoms with E-state index in [0.29, 0.717) is 0 Å². The SMILES string of the molecule is [2H]/C(=C\C(=O)CC(=O)/C=C(\[2H])c1ccc(OC([2H])([2H])[2H])c(OC([2H])([2H])[2H])c1)c1ccc(O)c(OC([2H])([2H])[2H])c1. The van der Waals surface area contributed by atoms with Crippen molar-refractivity contribution >= 4 is 23.7 Å². The fourth-order valence-corrected chi connectivity index (χ4v) is 2.05. The van der Waals surface area contributed by atoms with E-state index < -0.39 is 74.2 Å². The molecule has 0 fully saturated rings. The number of allylic oxidation sites excluding steroid dienone is 2. The van der Waals surface area contributed by atoms with Gasteiger partial charge in [0.15, 0.2) is 34.6 Å². The third-order valence-corrected chi connectivity index (χ3v) is 3.38. The van der Waals surface area contributed by atoms with Crippen LogP contribution in [0.5, 0.6) is 23.0 Å². The van der Waals surface area contributed by atoms with Crippen LogP contribution in [0.3, 0.4) is 0 Å². The molecular weight excluding hydrogens is 360 g/mol. The minimum atomic E-state index is -2.98. The Bertz CT molecular complexity index is 1290. The Morgan fingerprint density at radius 3 is 2.07 bits per heavy atom. The Morgan fingerprint density at radius 2 is 1.43 bits per heavy atom. The van der Waals surface area contributed by atoms with Crippen LogP contribution in [0.25, 0.3) is 12.1 Å². The van der Waals surface area contributed by atoms with E-state index in [-0.39, 0.29) is 11.1 Å². The molecule has 6 heteroatoms. The summed E-state index contributed by atoms with van der Waals surface area (Å²) in [7, 11) is -8.76. The third kappa shape index (κ3) is 5.74. The van der Waals surface area contributed by atoms with Crippen LogP contribution in [0.2, 0.25) is 0 Å². The highest BCUT2D eigenvalue weighted by atomic mass is 16.5. The number of ether oxygens (including phenoxy) is 3. The van der Waals surface area contributed by atoms with Crippen molar-refractivity contribution < 1.29 is 44.0 Å². The lowest BCUT2D eigenvalue weighted by Gasteiger charge is -2.07. The van der Waals surface area contributed by atoms with Gasteiger partial charge in [-0.25, -0.2) is 0 Å². The molecule has 0 aliphatic carbocycles. The highest BCUT2D eigenvalue weighted by Crippen LogP contribution is 2.28. The lowest BCUT2D eigenvalue weighted by molar-refractivity contribution is -0.121. The van der Waals surface area contributed by atoms with Gasteiger partial charge in [-0.3, -0.25) is 9.59 Å². The number of benzene rings is 2. The van der Waals surface area contributed by atoms with Gasteiger partial charge in [0.05, 0.1) is 42.6 Å². The molecule has 0 saturated carbocycles. The molecule has 0 atom stereocenters. The van der Waals surface area contributed by atoms with Gasteiger partial charge in [-0.2, -0.15) is 0 Å². The van der Waals surface area contributed by atoms with Crippen molar-refractivity contribution in [3.63, 3.8) is 0 Å². The normalized spacial score (nSPS) is 18.8. The summed E-state index contributed by atoms with van der Waals surface area (Å²) in [4.78, 5) is 24.6. The molecule has 0 aromatic heterocycles. The van der Waals surface area contributed by atoms with Crippen LogP contribution in [0, 0.1) is 0 Å². The van der Waals surface area contributed by atoms with Gasteiger partial charge in [0.25, 0.3) is 0 Å². The fourth-order valence-electron chi connectivity index (χ4n) is 2.05. The van der Waals surface area contributed by atoms with Crippen molar-refractivity contribution in [3.8, 4) is 23.0 Å². The Kier molecular flexibility index (Phi) is 3.60. The average Bonchev–Trinajstić information content (AvgIpc) is 2.73. The number of aromatic hydroxyl groups is 1. The monoisotopic (exact) mass is 393 g/mol. The molecule has 0 unspecified atom stereocenters. The Labute approximate surface area is 179 Å². The summed E-state index contributed by atoms with van der Waals surface area (Å²) < 4.78 is 94.8. The topological polar surface area (TPSA) is 82.1 Å². The molecule has 0 spiro atoms. The predicted molar refractivity (Wildman–Crippen MR) is 107 cm³/mol. The van der Waals surface area contributed by atoms with Crippen LogP contribution in [0.1, 0.15) is 32.6 Å². The van der Waals surface area contributed by atoms with Gasteiger partial charge in [0.2, 0.25) is 0 Å². The molecule has 146 valence electrons. The maximum Gasteiger partial charge on any atom is 0.163 e. The van der Waals surface area contributed by atoms with Gasteiger partial charge in [-0.1, -0.05) is 24.2 Å². The summed E-state index contributed by atoms with van der Waals surface area (Å²) in [5.74, 6) is -3.54. The van der Waals surface area contributed by atoms with Crippen molar-refractivity contribution in [1.29, 1.82) is 0 Å². The Hall–Kier alpha value is -3.54. The first-order valence-electron chi connectivity index (χ1n) is 13.2. The second-order valence-electron chi connectivity index (χ2n) is 5.34. The third-order valence-electron chi connectivity index (χ3n) is 3.38. The molecule has 0 radical (unpaired) electrons. The zero-order valence-corrected chi connectivity index (χ0v) is 14.3. The number of phenolic OH excluding ortho intramolecular Hbond substituents is 1. The van der Waals surface area contributed by atoms with Crippen molar-refractivity contribution in [1.82, 2.24) is 0 Å². The number of hydrogen-bond acceptors (Lipinski definition) is 6. The number of phenols is 1. The van der Waals surface area contributed by atoms with Crippen LogP contribution in [0.4, 0.5) is 0 Å². The molecule has 0 aliphatic heterocycles. The van der Waals surface area contributed by atoms with Crippen LogP contribution in [-0.2, 0) is 9.59 Å². The van der Waals surface area contributed by atoms with Gasteiger partial charge in [-0.05, 0) is 47.5 Å². The summed E-state index contributed by atoms with van der Waals surface area (Å²) in [5, 5.41) is 9.74. The molecule has 2 aromatic rings. The van der Waals surface area contributed by atoms with E-state index in [9.17, 15) is 14.7 Å². The smallest absolute Gasteiger partial charge is 0.163 e. The number of carbonyl (C=O) groups excluding carboxylic acids is 2. The molecule has 0 aliphatic rings. The highest BCUT2D eigenvalue weighted by molar-refractivity contribution is 6.10. The van der Waals surface area contributed by atoms with Crippen LogP contribution in [0.15, 0.2) is 48.6 Å². The number of methoxy groups -OCH3 is 3. The van der Waals surface area contributed by atoms with Gasteiger partial charge in [-0.15, -0.1) is 0 Å². The minimum absolute atomic E-state index is 0.0192. The Morgan fingerprint density at radius 1 is 0.893 bits per heavy atom. The van der Waals surface area contributed by atoms with Gasteiger partial charge in [0.1, 0.15) is 0 Å². The number of rotatable bonds is 9. The van der Waals surface area contributed by atoms with E-state index in [1.165, 1.54) is 12.1 Å². The number of hydrogen-bond donors (Lipinski definition) is 1. The maximum atomic E-state index is 12.3. The first kappa shape index (κ1) is 10.1. The second-order valence-corrected chi connectivity index (χ2v) is 5.34. The molecule has 2 rings (SSSR count). The zero-order chi connectivity index (χ0) is 29.8. The first-order chi connectivity index (χ1) is 17.7. The molecule has 2 aromatic carbocycles. The van der Waals surface area contributed by atoms with E-state index in [1.54, 1.807) is 0 Å². The average molecular weight is 393 g/mol. The summed E-state index contributed by atoms with van der Waals surface area (Å²) in [6.07, 6.45) is 0.821. The van der Waals surface area contributed by atoms with E-state index in [4.69, 9.17) is 24.6 Å². The Balaban J connectivity index is 2.21. The van der Waals surface area contributed by atoms with E-state index in [1.807, 2.05) is 0 Å². The molecule has 1 N–H and O–H groups in total. The van der Waals surface area contributed by atoms with Crippen LogP contribution < -0.4 is 14.2 Å². The second kappa shape index (κ2) is 9.97. The molecule has 6 nitrogen and oxygen atoms in total. The van der Waals surface area contributed by atoms with Gasteiger partial charge < -0.3 is 19.3 Å². The lowest BCUT2D eigenvalue weighted by Crippen LogP contribution is -2.01. The van der Waals surface area contributed by atoms with E-state index in [2.05, 4.69) is 4.74 Å². The summed E-state index contributed by atoms with van der Waals surface area (Å²) in [5.41, 5.74) is -0.0266. The molecule has 0 bridgehead atoms. The summed E-state index contributed by atoms with van der Waals surface area (Å²) in [6.45, 7) is 0. The molecule has 28 heavy (non-hydrogen) atoms. The van der Waals surface area contributed by atoms with Crippen LogP contribution >= 0.6 is 0 Å². The molecule has 0 amide bonds. The van der Waals surface area contributed by atoms with Crippen LogP contribution in [-0.4, -0.2) is 37.8 Å². The van der Waals surface area contributed by atoms with Crippen molar-refractivity contribution in [2.24, 2.45) is 0 Å². The van der Waals surface area contributed by atoms with E-state index >= 15 is 0 Å². The molecule has 0 heterocycles. The fraction of sp³-hybridized carbons (Fsp3) is 0.182. The van der Waals surface area contributed by atoms with Gasteiger partial charge in [0, 0.05) is 0 Å². The number of ketones is 2. The molecule has 0 saturated heterocycles. The highest BCUT2D eigenvalue weighted by Gasteiger charge is 2.06.